The van der Waals surface area contributed by atoms with Crippen LogP contribution in [-0.4, -0.2) is 32.2 Å². The third-order valence-electron chi connectivity index (χ3n) is 5.47. The van der Waals surface area contributed by atoms with Gasteiger partial charge >= 0.3 is 0 Å². The Morgan fingerprint density at radius 3 is 2.27 bits per heavy atom. The molecular formula is C22H38O3Si. The van der Waals surface area contributed by atoms with Gasteiger partial charge in [0.15, 0.2) is 8.32 Å². The molecular weight excluding hydrogens is 340 g/mol. The van der Waals surface area contributed by atoms with Gasteiger partial charge in [0.1, 0.15) is 0 Å². The predicted molar refractivity (Wildman–Crippen MR) is 113 cm³/mol. The minimum absolute atomic E-state index is 0.128. The maximum absolute atomic E-state index is 10.4. The minimum Gasteiger partial charge on any atom is -0.414 e. The van der Waals surface area contributed by atoms with Gasteiger partial charge < -0.3 is 14.3 Å². The van der Waals surface area contributed by atoms with Gasteiger partial charge in [-0.2, -0.15) is 0 Å². The fourth-order valence-electron chi connectivity index (χ4n) is 2.40. The van der Waals surface area contributed by atoms with Crippen LogP contribution in [0.5, 0.6) is 0 Å². The van der Waals surface area contributed by atoms with Gasteiger partial charge in [-0.25, -0.2) is 0 Å². The standard InChI is InChI=1S/C22H38O3Si/c1-17(19(3)25-26(7,8)22(4,5)6)14-18(2)21(23)16-24-15-20-12-10-9-11-13-20/h9-14,17,19,21,23H,15-16H2,1-8H3/b18-14+/t17-,19+,21+/m0/s1. The highest BCUT2D eigenvalue weighted by molar-refractivity contribution is 6.74. The van der Waals surface area contributed by atoms with Crippen LogP contribution >= 0.6 is 0 Å². The Labute approximate surface area is 161 Å². The van der Waals surface area contributed by atoms with Crippen LogP contribution in [0, 0.1) is 5.92 Å². The molecule has 26 heavy (non-hydrogen) atoms. The van der Waals surface area contributed by atoms with E-state index in [0.29, 0.717) is 13.2 Å². The lowest BCUT2D eigenvalue weighted by atomic mass is 10.0. The summed E-state index contributed by atoms with van der Waals surface area (Å²) in [5, 5.41) is 10.6. The van der Waals surface area contributed by atoms with E-state index in [2.05, 4.69) is 53.8 Å². The number of hydrogen-bond donors (Lipinski definition) is 1. The van der Waals surface area contributed by atoms with Crippen LogP contribution < -0.4 is 0 Å². The van der Waals surface area contributed by atoms with Gasteiger partial charge in [-0.3, -0.25) is 0 Å². The van der Waals surface area contributed by atoms with Crippen molar-refractivity contribution in [2.75, 3.05) is 6.61 Å². The molecule has 0 aromatic heterocycles. The van der Waals surface area contributed by atoms with Gasteiger partial charge in [-0.05, 0) is 49.0 Å². The lowest BCUT2D eigenvalue weighted by Crippen LogP contribution is -2.44. The summed E-state index contributed by atoms with van der Waals surface area (Å²) >= 11 is 0. The maximum atomic E-state index is 10.4. The van der Waals surface area contributed by atoms with Crippen LogP contribution in [0.3, 0.4) is 0 Å². The van der Waals surface area contributed by atoms with Crippen molar-refractivity contribution in [2.45, 2.75) is 78.5 Å². The van der Waals surface area contributed by atoms with E-state index in [1.807, 2.05) is 37.3 Å². The monoisotopic (exact) mass is 378 g/mol. The molecule has 0 unspecified atom stereocenters. The van der Waals surface area contributed by atoms with E-state index in [1.54, 1.807) is 0 Å². The molecule has 3 atom stereocenters. The minimum atomic E-state index is -1.78. The van der Waals surface area contributed by atoms with Gasteiger partial charge in [0.05, 0.1) is 19.3 Å². The Hall–Kier alpha value is -0.943. The molecule has 0 spiro atoms. The second kappa shape index (κ2) is 9.84. The molecule has 0 radical (unpaired) electrons. The first-order chi connectivity index (χ1) is 11.9. The molecule has 0 fully saturated rings. The molecule has 148 valence electrons. The molecule has 0 aliphatic heterocycles. The summed E-state index contributed by atoms with van der Waals surface area (Å²) in [5.74, 6) is 0.243. The molecule has 1 rings (SSSR count). The average molecular weight is 379 g/mol. The molecule has 0 amide bonds. The Kier molecular flexibility index (Phi) is 8.74. The second-order valence-corrected chi connectivity index (χ2v) is 13.6. The van der Waals surface area contributed by atoms with Crippen LogP contribution in [0.15, 0.2) is 42.0 Å². The zero-order valence-corrected chi connectivity index (χ0v) is 18.9. The predicted octanol–water partition coefficient (Wildman–Crippen LogP) is 5.56. The zero-order chi connectivity index (χ0) is 20.0. The summed E-state index contributed by atoms with van der Waals surface area (Å²) in [4.78, 5) is 0. The van der Waals surface area contributed by atoms with Crippen molar-refractivity contribution in [2.24, 2.45) is 5.92 Å². The van der Waals surface area contributed by atoms with Gasteiger partial charge in [0.2, 0.25) is 0 Å². The Morgan fingerprint density at radius 2 is 1.73 bits per heavy atom. The number of ether oxygens (including phenoxy) is 1. The van der Waals surface area contributed by atoms with Gasteiger partial charge in [0, 0.05) is 6.10 Å². The topological polar surface area (TPSA) is 38.7 Å². The first-order valence-electron chi connectivity index (χ1n) is 9.60. The van der Waals surface area contributed by atoms with Crippen molar-refractivity contribution >= 4 is 8.32 Å². The summed E-state index contributed by atoms with van der Waals surface area (Å²) in [5.41, 5.74) is 2.06. The molecule has 0 saturated carbocycles. The van der Waals surface area contributed by atoms with Crippen molar-refractivity contribution < 1.29 is 14.3 Å². The molecule has 4 heteroatoms. The van der Waals surface area contributed by atoms with Gasteiger partial charge in [-0.1, -0.05) is 64.1 Å². The van der Waals surface area contributed by atoms with Crippen molar-refractivity contribution in [3.63, 3.8) is 0 Å². The largest absolute Gasteiger partial charge is 0.414 e. The number of aliphatic hydroxyl groups excluding tert-OH is 1. The van der Waals surface area contributed by atoms with Crippen LogP contribution in [-0.2, 0) is 15.8 Å². The molecule has 0 saturated heterocycles. The van der Waals surface area contributed by atoms with Crippen molar-refractivity contribution in [1.29, 1.82) is 0 Å². The molecule has 0 aliphatic carbocycles. The third kappa shape index (κ3) is 7.35. The third-order valence-corrected chi connectivity index (χ3v) is 10.0. The molecule has 1 aromatic carbocycles. The number of aliphatic hydroxyl groups is 1. The highest BCUT2D eigenvalue weighted by atomic mass is 28.4. The first kappa shape index (κ1) is 23.1. The van der Waals surface area contributed by atoms with Crippen LogP contribution in [0.2, 0.25) is 18.1 Å². The summed E-state index contributed by atoms with van der Waals surface area (Å²) in [7, 11) is -1.78. The number of benzene rings is 1. The summed E-state index contributed by atoms with van der Waals surface area (Å²) in [6, 6.07) is 10.0. The van der Waals surface area contributed by atoms with Crippen molar-refractivity contribution in [3.8, 4) is 0 Å². The fraction of sp³-hybridized carbons (Fsp3) is 0.636. The Balaban J connectivity index is 2.53. The highest BCUT2D eigenvalue weighted by Gasteiger charge is 2.39. The van der Waals surface area contributed by atoms with Crippen LogP contribution in [0.4, 0.5) is 0 Å². The SMILES string of the molecule is C/C(=C\[C@H](C)[C@@H](C)O[Si](C)(C)C(C)(C)C)[C@H](O)COCc1ccccc1. The highest BCUT2D eigenvalue weighted by Crippen LogP contribution is 2.38. The quantitative estimate of drug-likeness (QED) is 0.452. The molecule has 1 aromatic rings. The Bertz CT molecular complexity index is 561. The lowest BCUT2D eigenvalue weighted by Gasteiger charge is -2.39. The fourth-order valence-corrected chi connectivity index (χ4v) is 3.90. The van der Waals surface area contributed by atoms with E-state index in [4.69, 9.17) is 9.16 Å². The van der Waals surface area contributed by atoms with Crippen LogP contribution in [0.25, 0.3) is 0 Å². The summed E-state index contributed by atoms with van der Waals surface area (Å²) < 4.78 is 12.1. The summed E-state index contributed by atoms with van der Waals surface area (Å²) in [6.07, 6.45) is 1.67. The van der Waals surface area contributed by atoms with E-state index < -0.39 is 14.4 Å². The van der Waals surface area contributed by atoms with Gasteiger partial charge in [-0.15, -0.1) is 0 Å². The van der Waals surface area contributed by atoms with Gasteiger partial charge in [0.25, 0.3) is 0 Å². The summed E-state index contributed by atoms with van der Waals surface area (Å²) in [6.45, 7) is 18.4. The van der Waals surface area contributed by atoms with E-state index in [-0.39, 0.29) is 17.1 Å². The average Bonchev–Trinajstić information content (AvgIpc) is 2.54. The Morgan fingerprint density at radius 1 is 1.15 bits per heavy atom. The molecule has 3 nitrogen and oxygen atoms in total. The normalized spacial score (nSPS) is 17.0. The van der Waals surface area contributed by atoms with Crippen LogP contribution in [0.1, 0.15) is 47.1 Å². The molecule has 0 bridgehead atoms. The van der Waals surface area contributed by atoms with E-state index in [1.165, 1.54) is 0 Å². The zero-order valence-electron chi connectivity index (χ0n) is 17.9. The second-order valence-electron chi connectivity index (χ2n) is 8.87. The van der Waals surface area contributed by atoms with Crippen molar-refractivity contribution in [1.82, 2.24) is 0 Å². The molecule has 0 heterocycles. The first-order valence-corrected chi connectivity index (χ1v) is 12.5. The molecule has 1 N–H and O–H groups in total. The molecule has 0 aliphatic rings. The van der Waals surface area contributed by atoms with E-state index in [9.17, 15) is 5.11 Å². The smallest absolute Gasteiger partial charge is 0.192 e. The van der Waals surface area contributed by atoms with E-state index in [0.717, 1.165) is 11.1 Å². The maximum Gasteiger partial charge on any atom is 0.192 e. The lowest BCUT2D eigenvalue weighted by molar-refractivity contribution is 0.0447. The number of rotatable bonds is 9. The van der Waals surface area contributed by atoms with E-state index >= 15 is 0 Å². The number of hydrogen-bond acceptors (Lipinski definition) is 3. The van der Waals surface area contributed by atoms with Crippen molar-refractivity contribution in [3.05, 3.63) is 47.5 Å².